The fourth-order valence-corrected chi connectivity index (χ4v) is 4.57. The zero-order chi connectivity index (χ0) is 27.2. The average Bonchev–Trinajstić information content (AvgIpc) is 3.14. The van der Waals surface area contributed by atoms with Crippen LogP contribution in [0.15, 0.2) is 72.8 Å². The molecule has 0 aliphatic carbocycles. The van der Waals surface area contributed by atoms with Crippen LogP contribution in [0.5, 0.6) is 5.75 Å². The standard InChI is InChI=1S/C28H26ClN3O5S/c1-3-37-27(35)19-6-10-21(11-7-19)30-25(33)16-24-26(34)32(22-12-8-20(29)9-13-22)28(38)31(24)17-18-4-14-23(36-2)15-5-18/h4-15,24H,3,16-17H2,1-2H3,(H,30,33). The van der Waals surface area contributed by atoms with Gasteiger partial charge < -0.3 is 19.7 Å². The van der Waals surface area contributed by atoms with Crippen molar-refractivity contribution in [1.29, 1.82) is 0 Å². The number of benzene rings is 3. The number of ether oxygens (including phenoxy) is 2. The molecule has 1 atom stereocenters. The number of methoxy groups -OCH3 is 1. The Labute approximate surface area is 231 Å². The molecule has 3 aromatic carbocycles. The molecular formula is C28H26ClN3O5S. The summed E-state index contributed by atoms with van der Waals surface area (Å²) in [7, 11) is 1.59. The number of amides is 2. The van der Waals surface area contributed by atoms with Gasteiger partial charge in [0.1, 0.15) is 11.8 Å². The molecule has 1 N–H and O–H groups in total. The van der Waals surface area contributed by atoms with E-state index in [-0.39, 0.29) is 24.8 Å². The van der Waals surface area contributed by atoms with Crippen molar-refractivity contribution >= 4 is 58.1 Å². The Balaban J connectivity index is 1.54. The van der Waals surface area contributed by atoms with Gasteiger partial charge in [-0.3, -0.25) is 14.5 Å². The van der Waals surface area contributed by atoms with Gasteiger partial charge in [0, 0.05) is 17.3 Å². The monoisotopic (exact) mass is 551 g/mol. The lowest BCUT2D eigenvalue weighted by molar-refractivity contribution is -0.124. The van der Waals surface area contributed by atoms with Crippen LogP contribution in [0.1, 0.15) is 29.3 Å². The zero-order valence-corrected chi connectivity index (χ0v) is 22.4. The summed E-state index contributed by atoms with van der Waals surface area (Å²) in [5.74, 6) is -0.403. The minimum atomic E-state index is -0.820. The molecule has 2 amide bonds. The highest BCUT2D eigenvalue weighted by Gasteiger charge is 2.44. The fourth-order valence-electron chi connectivity index (χ4n) is 4.06. The highest BCUT2D eigenvalue weighted by Crippen LogP contribution is 2.30. The molecule has 4 rings (SSSR count). The van der Waals surface area contributed by atoms with E-state index >= 15 is 0 Å². The number of carbonyl (C=O) groups is 3. The number of thiocarbonyl (C=S) groups is 1. The summed E-state index contributed by atoms with van der Waals surface area (Å²) >= 11 is 11.8. The summed E-state index contributed by atoms with van der Waals surface area (Å²) in [5, 5.41) is 3.63. The van der Waals surface area contributed by atoms with Crippen molar-refractivity contribution in [3.05, 3.63) is 88.9 Å². The molecule has 1 unspecified atom stereocenters. The lowest BCUT2D eigenvalue weighted by Crippen LogP contribution is -2.37. The number of rotatable bonds is 9. The number of nitrogens with one attached hydrogen (secondary N) is 1. The average molecular weight is 552 g/mol. The Morgan fingerprint density at radius 3 is 2.26 bits per heavy atom. The van der Waals surface area contributed by atoms with Crippen molar-refractivity contribution < 1.29 is 23.9 Å². The van der Waals surface area contributed by atoms with Crippen LogP contribution in [-0.2, 0) is 20.9 Å². The molecule has 0 bridgehead atoms. The van der Waals surface area contributed by atoms with E-state index < -0.39 is 12.0 Å². The van der Waals surface area contributed by atoms with E-state index in [9.17, 15) is 14.4 Å². The van der Waals surface area contributed by atoms with Gasteiger partial charge in [0.15, 0.2) is 5.11 Å². The molecule has 1 saturated heterocycles. The van der Waals surface area contributed by atoms with E-state index in [2.05, 4.69) is 5.32 Å². The number of hydrogen-bond donors (Lipinski definition) is 1. The molecule has 10 heteroatoms. The van der Waals surface area contributed by atoms with Crippen LogP contribution in [0.3, 0.4) is 0 Å². The SMILES string of the molecule is CCOC(=O)c1ccc(NC(=O)CC2C(=O)N(c3ccc(Cl)cc3)C(=S)N2Cc2ccc(OC)cc2)cc1. The summed E-state index contributed by atoms with van der Waals surface area (Å²) in [4.78, 5) is 41.7. The van der Waals surface area contributed by atoms with Crippen molar-refractivity contribution in [2.75, 3.05) is 23.9 Å². The molecule has 0 radical (unpaired) electrons. The number of esters is 1. The van der Waals surface area contributed by atoms with Crippen LogP contribution in [0.25, 0.3) is 0 Å². The van der Waals surface area contributed by atoms with Crippen molar-refractivity contribution in [2.45, 2.75) is 25.9 Å². The summed E-state index contributed by atoms with van der Waals surface area (Å²) in [6, 6.07) is 19.8. The molecule has 38 heavy (non-hydrogen) atoms. The molecule has 0 aromatic heterocycles. The van der Waals surface area contributed by atoms with Gasteiger partial charge in [-0.25, -0.2) is 4.79 Å². The summed E-state index contributed by atoms with van der Waals surface area (Å²) in [6.45, 7) is 2.33. The van der Waals surface area contributed by atoms with E-state index in [4.69, 9.17) is 33.3 Å². The van der Waals surface area contributed by atoms with Gasteiger partial charge in [-0.05, 0) is 85.4 Å². The summed E-state index contributed by atoms with van der Waals surface area (Å²) < 4.78 is 10.2. The quantitative estimate of drug-likeness (QED) is 0.294. The molecule has 3 aromatic rings. The minimum absolute atomic E-state index is 0.126. The fraction of sp³-hybridized carbons (Fsp3) is 0.214. The van der Waals surface area contributed by atoms with Crippen molar-refractivity contribution in [2.24, 2.45) is 0 Å². The molecular weight excluding hydrogens is 526 g/mol. The van der Waals surface area contributed by atoms with Crippen LogP contribution in [0, 0.1) is 0 Å². The van der Waals surface area contributed by atoms with E-state index in [1.807, 2.05) is 24.3 Å². The first-order chi connectivity index (χ1) is 18.3. The predicted octanol–water partition coefficient (Wildman–Crippen LogP) is 5.06. The first-order valence-electron chi connectivity index (χ1n) is 11.9. The zero-order valence-electron chi connectivity index (χ0n) is 20.8. The Morgan fingerprint density at radius 1 is 1.00 bits per heavy atom. The van der Waals surface area contributed by atoms with E-state index in [1.54, 1.807) is 67.5 Å². The van der Waals surface area contributed by atoms with E-state index in [0.29, 0.717) is 39.4 Å². The smallest absolute Gasteiger partial charge is 0.338 e. The molecule has 0 spiro atoms. The normalized spacial score (nSPS) is 15.0. The van der Waals surface area contributed by atoms with Gasteiger partial charge in [0.25, 0.3) is 5.91 Å². The first kappa shape index (κ1) is 27.1. The lowest BCUT2D eigenvalue weighted by atomic mass is 10.1. The molecule has 1 heterocycles. The Kier molecular flexibility index (Phi) is 8.60. The topological polar surface area (TPSA) is 88.2 Å². The molecule has 1 aliphatic heterocycles. The third-order valence-corrected chi connectivity index (χ3v) is 6.64. The van der Waals surface area contributed by atoms with Crippen LogP contribution >= 0.6 is 23.8 Å². The van der Waals surface area contributed by atoms with Gasteiger partial charge in [-0.1, -0.05) is 23.7 Å². The number of hydrogen-bond acceptors (Lipinski definition) is 6. The van der Waals surface area contributed by atoms with Gasteiger partial charge >= 0.3 is 5.97 Å². The third kappa shape index (κ3) is 6.12. The van der Waals surface area contributed by atoms with Crippen molar-refractivity contribution in [3.8, 4) is 5.75 Å². The van der Waals surface area contributed by atoms with Gasteiger partial charge in [0.2, 0.25) is 5.91 Å². The molecule has 0 saturated carbocycles. The maximum Gasteiger partial charge on any atom is 0.338 e. The van der Waals surface area contributed by atoms with Crippen LogP contribution < -0.4 is 15.0 Å². The van der Waals surface area contributed by atoms with Crippen LogP contribution in [0.4, 0.5) is 11.4 Å². The summed E-state index contributed by atoms with van der Waals surface area (Å²) in [5.41, 5.74) is 2.35. The maximum atomic E-state index is 13.6. The number of halogens is 1. The van der Waals surface area contributed by atoms with Crippen molar-refractivity contribution in [3.63, 3.8) is 0 Å². The summed E-state index contributed by atoms with van der Waals surface area (Å²) in [6.07, 6.45) is -0.126. The largest absolute Gasteiger partial charge is 0.497 e. The molecule has 8 nitrogen and oxygen atoms in total. The highest BCUT2D eigenvalue weighted by atomic mass is 35.5. The second kappa shape index (κ2) is 12.1. The van der Waals surface area contributed by atoms with Gasteiger partial charge in [-0.2, -0.15) is 0 Å². The Morgan fingerprint density at radius 2 is 1.66 bits per heavy atom. The minimum Gasteiger partial charge on any atom is -0.497 e. The van der Waals surface area contributed by atoms with Gasteiger partial charge in [0.05, 0.1) is 31.4 Å². The Bertz CT molecular complexity index is 1330. The van der Waals surface area contributed by atoms with E-state index in [1.165, 1.54) is 4.90 Å². The number of nitrogens with zero attached hydrogens (tertiary/aromatic N) is 2. The maximum absolute atomic E-state index is 13.6. The van der Waals surface area contributed by atoms with Gasteiger partial charge in [-0.15, -0.1) is 0 Å². The molecule has 196 valence electrons. The third-order valence-electron chi connectivity index (χ3n) is 5.97. The van der Waals surface area contributed by atoms with E-state index in [0.717, 1.165) is 5.56 Å². The number of anilines is 2. The molecule has 1 fully saturated rings. The second-order valence-electron chi connectivity index (χ2n) is 8.47. The van der Waals surface area contributed by atoms with Crippen molar-refractivity contribution in [1.82, 2.24) is 4.90 Å². The highest BCUT2D eigenvalue weighted by molar-refractivity contribution is 7.80. The molecule has 1 aliphatic rings. The Hall–Kier alpha value is -3.95. The van der Waals surface area contributed by atoms with Crippen LogP contribution in [0.2, 0.25) is 5.02 Å². The first-order valence-corrected chi connectivity index (χ1v) is 12.7. The number of carbonyl (C=O) groups excluding carboxylic acids is 3. The lowest BCUT2D eigenvalue weighted by Gasteiger charge is -2.24. The second-order valence-corrected chi connectivity index (χ2v) is 9.28. The van der Waals surface area contributed by atoms with Crippen LogP contribution in [-0.4, -0.2) is 47.6 Å². The predicted molar refractivity (Wildman–Crippen MR) is 150 cm³/mol.